The maximum Gasteiger partial charge on any atom is 0.333 e. The van der Waals surface area contributed by atoms with Crippen LogP contribution in [-0.4, -0.2) is 27.8 Å². The maximum absolute atomic E-state index is 10.8. The second-order valence-electron chi connectivity index (χ2n) is 3.07. The first kappa shape index (κ1) is 11.4. The van der Waals surface area contributed by atoms with E-state index in [0.717, 1.165) is 0 Å². The summed E-state index contributed by atoms with van der Waals surface area (Å²) in [7, 11) is 0. The van der Waals surface area contributed by atoms with E-state index in [9.17, 15) is 10.1 Å². The molecule has 3 N–H and O–H groups in total. The van der Waals surface area contributed by atoms with Gasteiger partial charge >= 0.3 is 5.69 Å². The number of nitrogens with zero attached hydrogens (tertiary/aromatic N) is 3. The molecule has 0 spiro atoms. The van der Waals surface area contributed by atoms with Crippen molar-refractivity contribution in [2.24, 2.45) is 5.73 Å². The summed E-state index contributed by atoms with van der Waals surface area (Å²) >= 11 is 0. The molecular formula is C8H15N5O2. The van der Waals surface area contributed by atoms with E-state index in [1.807, 2.05) is 6.92 Å². The second-order valence-corrected chi connectivity index (χ2v) is 3.07. The minimum atomic E-state index is -0.423. The Morgan fingerprint density at radius 3 is 2.80 bits per heavy atom. The molecule has 0 radical (unpaired) electrons. The lowest BCUT2D eigenvalue weighted by Crippen LogP contribution is -2.16. The third-order valence-electron chi connectivity index (χ3n) is 2.01. The van der Waals surface area contributed by atoms with Gasteiger partial charge in [0.15, 0.2) is 0 Å². The number of aryl methyl sites for hydroxylation is 2. The molecule has 84 valence electrons. The van der Waals surface area contributed by atoms with Crippen molar-refractivity contribution in [1.82, 2.24) is 9.78 Å². The quantitative estimate of drug-likeness (QED) is 0.547. The molecule has 0 fully saturated rings. The van der Waals surface area contributed by atoms with Crippen molar-refractivity contribution in [3.63, 3.8) is 0 Å². The van der Waals surface area contributed by atoms with Crippen LogP contribution in [0.25, 0.3) is 0 Å². The molecule has 0 aliphatic rings. The van der Waals surface area contributed by atoms with E-state index in [0.29, 0.717) is 31.1 Å². The number of nitro groups is 1. The van der Waals surface area contributed by atoms with Crippen LogP contribution in [0.3, 0.4) is 0 Å². The highest BCUT2D eigenvalue weighted by atomic mass is 16.6. The third-order valence-corrected chi connectivity index (χ3v) is 2.01. The van der Waals surface area contributed by atoms with Gasteiger partial charge in [0.05, 0.1) is 4.92 Å². The highest BCUT2D eigenvalue weighted by Gasteiger charge is 2.24. The van der Waals surface area contributed by atoms with Gasteiger partial charge in [0.25, 0.3) is 0 Å². The highest BCUT2D eigenvalue weighted by Crippen LogP contribution is 2.27. The molecule has 0 saturated carbocycles. The van der Waals surface area contributed by atoms with Gasteiger partial charge in [0, 0.05) is 19.6 Å². The number of aromatic nitrogens is 2. The molecule has 1 rings (SSSR count). The van der Waals surface area contributed by atoms with Crippen LogP contribution in [0.4, 0.5) is 11.5 Å². The Kier molecular flexibility index (Phi) is 3.62. The normalized spacial score (nSPS) is 10.3. The lowest BCUT2D eigenvalue weighted by molar-refractivity contribution is -0.384. The topological polar surface area (TPSA) is 99.0 Å². The SMILES string of the molecule is CCn1nc(C)c([N+](=O)[O-])c1NCCN. The zero-order valence-electron chi connectivity index (χ0n) is 8.86. The minimum absolute atomic E-state index is 0.0327. The lowest BCUT2D eigenvalue weighted by Gasteiger charge is -2.05. The predicted octanol–water partition coefficient (Wildman–Crippen LogP) is 0.490. The summed E-state index contributed by atoms with van der Waals surface area (Å²) in [5.74, 6) is 0.436. The fourth-order valence-electron chi connectivity index (χ4n) is 1.38. The van der Waals surface area contributed by atoms with Crippen molar-refractivity contribution < 1.29 is 4.92 Å². The molecule has 0 aliphatic heterocycles. The Morgan fingerprint density at radius 1 is 1.67 bits per heavy atom. The van der Waals surface area contributed by atoms with Gasteiger partial charge in [0.2, 0.25) is 5.82 Å². The summed E-state index contributed by atoms with van der Waals surface area (Å²) in [6.45, 7) is 5.00. The van der Waals surface area contributed by atoms with E-state index in [4.69, 9.17) is 5.73 Å². The minimum Gasteiger partial charge on any atom is -0.363 e. The average Bonchev–Trinajstić information content (AvgIpc) is 2.51. The van der Waals surface area contributed by atoms with Crippen LogP contribution < -0.4 is 11.1 Å². The monoisotopic (exact) mass is 213 g/mol. The summed E-state index contributed by atoms with van der Waals surface area (Å²) < 4.78 is 1.57. The van der Waals surface area contributed by atoms with Gasteiger partial charge in [-0.1, -0.05) is 0 Å². The van der Waals surface area contributed by atoms with Crippen LogP contribution in [0, 0.1) is 17.0 Å². The Morgan fingerprint density at radius 2 is 2.33 bits per heavy atom. The van der Waals surface area contributed by atoms with Gasteiger partial charge < -0.3 is 11.1 Å². The van der Waals surface area contributed by atoms with Crippen molar-refractivity contribution in [2.45, 2.75) is 20.4 Å². The van der Waals surface area contributed by atoms with Gasteiger partial charge in [0.1, 0.15) is 5.69 Å². The Hall–Kier alpha value is -1.63. The van der Waals surface area contributed by atoms with Crippen molar-refractivity contribution in [3.8, 4) is 0 Å². The number of nitrogens with two attached hydrogens (primary N) is 1. The second kappa shape index (κ2) is 4.74. The van der Waals surface area contributed by atoms with E-state index in [2.05, 4.69) is 10.4 Å². The van der Waals surface area contributed by atoms with Crippen LogP contribution in [-0.2, 0) is 6.54 Å². The van der Waals surface area contributed by atoms with Crippen molar-refractivity contribution in [3.05, 3.63) is 15.8 Å². The molecule has 0 aromatic carbocycles. The predicted molar refractivity (Wildman–Crippen MR) is 56.8 cm³/mol. The molecular weight excluding hydrogens is 198 g/mol. The average molecular weight is 213 g/mol. The summed E-state index contributed by atoms with van der Waals surface area (Å²) in [6.07, 6.45) is 0. The van der Waals surface area contributed by atoms with E-state index in [1.165, 1.54) is 0 Å². The van der Waals surface area contributed by atoms with E-state index in [-0.39, 0.29) is 5.69 Å². The Labute approximate surface area is 87.4 Å². The van der Waals surface area contributed by atoms with Gasteiger partial charge in [-0.3, -0.25) is 10.1 Å². The van der Waals surface area contributed by atoms with Gasteiger partial charge in [-0.05, 0) is 13.8 Å². The molecule has 1 heterocycles. The molecule has 0 atom stereocenters. The van der Waals surface area contributed by atoms with Gasteiger partial charge in [-0.2, -0.15) is 5.10 Å². The summed E-state index contributed by atoms with van der Waals surface area (Å²) in [6, 6.07) is 0. The van der Waals surface area contributed by atoms with E-state index in [1.54, 1.807) is 11.6 Å². The van der Waals surface area contributed by atoms with Gasteiger partial charge in [-0.15, -0.1) is 0 Å². The number of rotatable bonds is 5. The van der Waals surface area contributed by atoms with Crippen LogP contribution in [0.2, 0.25) is 0 Å². The molecule has 15 heavy (non-hydrogen) atoms. The largest absolute Gasteiger partial charge is 0.363 e. The first-order chi connectivity index (χ1) is 7.11. The Balaban J connectivity index is 3.11. The fourth-order valence-corrected chi connectivity index (χ4v) is 1.38. The van der Waals surface area contributed by atoms with E-state index < -0.39 is 4.92 Å². The number of nitrogens with one attached hydrogen (secondary N) is 1. The molecule has 0 bridgehead atoms. The Bertz CT molecular complexity index is 360. The van der Waals surface area contributed by atoms with Crippen molar-refractivity contribution in [2.75, 3.05) is 18.4 Å². The maximum atomic E-state index is 10.8. The van der Waals surface area contributed by atoms with Crippen LogP contribution >= 0.6 is 0 Å². The summed E-state index contributed by atoms with van der Waals surface area (Å²) in [5.41, 5.74) is 5.79. The smallest absolute Gasteiger partial charge is 0.333 e. The fraction of sp³-hybridized carbons (Fsp3) is 0.625. The number of anilines is 1. The molecule has 7 nitrogen and oxygen atoms in total. The molecule has 7 heteroatoms. The molecule has 0 unspecified atom stereocenters. The third kappa shape index (κ3) is 2.24. The lowest BCUT2D eigenvalue weighted by atomic mass is 10.4. The molecule has 1 aromatic heterocycles. The number of hydrogen-bond donors (Lipinski definition) is 2. The van der Waals surface area contributed by atoms with Gasteiger partial charge in [-0.25, -0.2) is 4.68 Å². The van der Waals surface area contributed by atoms with Crippen molar-refractivity contribution >= 4 is 11.5 Å². The van der Waals surface area contributed by atoms with Crippen LogP contribution in [0.1, 0.15) is 12.6 Å². The summed E-state index contributed by atoms with van der Waals surface area (Å²) in [4.78, 5) is 10.4. The molecule has 0 saturated heterocycles. The molecule has 0 aliphatic carbocycles. The summed E-state index contributed by atoms with van der Waals surface area (Å²) in [5, 5.41) is 17.8. The first-order valence-corrected chi connectivity index (χ1v) is 4.77. The van der Waals surface area contributed by atoms with Crippen LogP contribution in [0.5, 0.6) is 0 Å². The standard InChI is InChI=1S/C8H15N5O2/c1-3-12-8(10-5-4-9)7(13(14)15)6(2)11-12/h10H,3-5,9H2,1-2H3. The highest BCUT2D eigenvalue weighted by molar-refractivity contribution is 5.59. The number of hydrogen-bond acceptors (Lipinski definition) is 5. The zero-order chi connectivity index (χ0) is 11.4. The first-order valence-electron chi connectivity index (χ1n) is 4.77. The molecule has 0 amide bonds. The molecule has 1 aromatic rings. The van der Waals surface area contributed by atoms with Crippen LogP contribution in [0.15, 0.2) is 0 Å². The van der Waals surface area contributed by atoms with E-state index >= 15 is 0 Å². The van der Waals surface area contributed by atoms with Crippen molar-refractivity contribution in [1.29, 1.82) is 0 Å². The zero-order valence-corrected chi connectivity index (χ0v) is 8.86.